The van der Waals surface area contributed by atoms with Gasteiger partial charge in [-0.3, -0.25) is 4.79 Å². The molecule has 0 bridgehead atoms. The minimum absolute atomic E-state index is 0.0899. The molecule has 2 atom stereocenters. The van der Waals surface area contributed by atoms with E-state index in [1.165, 1.54) is 12.4 Å². The lowest BCUT2D eigenvalue weighted by molar-refractivity contribution is 0.0947. The van der Waals surface area contributed by atoms with Gasteiger partial charge in [-0.25, -0.2) is 0 Å². The smallest absolute Gasteiger partial charge is 0.252 e. The molecule has 2 rings (SSSR count). The van der Waals surface area contributed by atoms with E-state index in [-0.39, 0.29) is 11.3 Å². The molecule has 1 N–H and O–H groups in total. The Balaban J connectivity index is 1.80. The van der Waals surface area contributed by atoms with Gasteiger partial charge in [-0.05, 0) is 31.2 Å². The molecule has 0 saturated heterocycles. The summed E-state index contributed by atoms with van der Waals surface area (Å²) in [5.74, 6) is 0.425. The molecule has 86 valence electrons. The molecule has 0 spiro atoms. The number of carbonyl (C=O) groups excluding carboxylic acids is 1. The van der Waals surface area contributed by atoms with Crippen LogP contribution in [0, 0.1) is 5.92 Å². The van der Waals surface area contributed by atoms with Gasteiger partial charge in [0.25, 0.3) is 5.91 Å². The fourth-order valence-corrected chi connectivity index (χ4v) is 2.34. The highest BCUT2D eigenvalue weighted by Gasteiger charge is 2.23. The van der Waals surface area contributed by atoms with Gasteiger partial charge in [-0.2, -0.15) is 10.2 Å². The van der Waals surface area contributed by atoms with Crippen LogP contribution in [0.3, 0.4) is 0 Å². The summed E-state index contributed by atoms with van der Waals surface area (Å²) in [6.07, 6.45) is 6.13. The van der Waals surface area contributed by atoms with Gasteiger partial charge in [-0.1, -0.05) is 0 Å². The quantitative estimate of drug-likeness (QED) is 0.816. The molecule has 0 aromatic carbocycles. The van der Waals surface area contributed by atoms with Crippen LogP contribution in [0.2, 0.25) is 0 Å². The monoisotopic (exact) mass is 239 g/mol. The summed E-state index contributed by atoms with van der Waals surface area (Å²) in [4.78, 5) is 11.7. The first kappa shape index (κ1) is 11.3. The number of amides is 1. The standard InChI is InChI=1S/C11H14ClN3O/c12-10-2-1-8(5-10)6-13-11(16)9-3-4-14-15-7-9/h3-4,7-8,10H,1-2,5-6H2,(H,13,16). The van der Waals surface area contributed by atoms with E-state index in [2.05, 4.69) is 15.5 Å². The summed E-state index contributed by atoms with van der Waals surface area (Å²) in [6.45, 7) is 0.699. The number of hydrogen-bond donors (Lipinski definition) is 1. The zero-order chi connectivity index (χ0) is 11.4. The number of carbonyl (C=O) groups is 1. The van der Waals surface area contributed by atoms with Crippen LogP contribution in [0.1, 0.15) is 29.6 Å². The van der Waals surface area contributed by atoms with E-state index in [1.54, 1.807) is 6.07 Å². The van der Waals surface area contributed by atoms with Crippen molar-refractivity contribution in [2.24, 2.45) is 5.92 Å². The van der Waals surface area contributed by atoms with Crippen molar-refractivity contribution < 1.29 is 4.79 Å². The van der Waals surface area contributed by atoms with E-state index in [4.69, 9.17) is 11.6 Å². The number of nitrogens with one attached hydrogen (secondary N) is 1. The molecule has 1 aromatic heterocycles. The van der Waals surface area contributed by atoms with Gasteiger partial charge in [0.2, 0.25) is 0 Å². The van der Waals surface area contributed by atoms with Crippen LogP contribution in [0.15, 0.2) is 18.5 Å². The molecule has 1 amide bonds. The second kappa shape index (κ2) is 5.25. The molecule has 5 heteroatoms. The van der Waals surface area contributed by atoms with Crippen LogP contribution < -0.4 is 5.32 Å². The fraction of sp³-hybridized carbons (Fsp3) is 0.545. The second-order valence-electron chi connectivity index (χ2n) is 4.12. The van der Waals surface area contributed by atoms with E-state index in [0.717, 1.165) is 19.3 Å². The molecule has 0 radical (unpaired) electrons. The maximum atomic E-state index is 11.7. The molecular weight excluding hydrogens is 226 g/mol. The van der Waals surface area contributed by atoms with Gasteiger partial charge in [0.15, 0.2) is 0 Å². The van der Waals surface area contributed by atoms with Crippen molar-refractivity contribution in [1.82, 2.24) is 15.5 Å². The first-order chi connectivity index (χ1) is 7.75. The number of nitrogens with zero attached hydrogens (tertiary/aromatic N) is 2. The highest BCUT2D eigenvalue weighted by Crippen LogP contribution is 2.28. The predicted octanol–water partition coefficient (Wildman–Crippen LogP) is 1.61. The maximum Gasteiger partial charge on any atom is 0.252 e. The Kier molecular flexibility index (Phi) is 3.72. The Labute approximate surface area is 99.4 Å². The number of hydrogen-bond acceptors (Lipinski definition) is 3. The van der Waals surface area contributed by atoms with Crippen LogP contribution >= 0.6 is 11.6 Å². The second-order valence-corrected chi connectivity index (χ2v) is 4.73. The molecule has 1 heterocycles. The molecule has 1 fully saturated rings. The number of rotatable bonds is 3. The van der Waals surface area contributed by atoms with Gasteiger partial charge < -0.3 is 5.32 Å². The van der Waals surface area contributed by atoms with E-state index in [9.17, 15) is 4.79 Å². The molecule has 4 nitrogen and oxygen atoms in total. The summed E-state index contributed by atoms with van der Waals surface area (Å²) in [5.41, 5.74) is 0.551. The molecular formula is C11H14ClN3O. The SMILES string of the molecule is O=C(NCC1CCC(Cl)C1)c1ccnnc1. The Morgan fingerprint density at radius 2 is 2.38 bits per heavy atom. The topological polar surface area (TPSA) is 54.9 Å². The van der Waals surface area contributed by atoms with E-state index in [1.807, 2.05) is 0 Å². The van der Waals surface area contributed by atoms with Crippen LogP contribution in [-0.2, 0) is 0 Å². The lowest BCUT2D eigenvalue weighted by Crippen LogP contribution is -2.28. The predicted molar refractivity (Wildman–Crippen MR) is 61.3 cm³/mol. The normalized spacial score (nSPS) is 24.3. The van der Waals surface area contributed by atoms with Crippen LogP contribution in [0.5, 0.6) is 0 Å². The van der Waals surface area contributed by atoms with Gasteiger partial charge in [0.1, 0.15) is 0 Å². The summed E-state index contributed by atoms with van der Waals surface area (Å²) in [5, 5.41) is 10.5. The van der Waals surface area contributed by atoms with E-state index >= 15 is 0 Å². The van der Waals surface area contributed by atoms with E-state index < -0.39 is 0 Å². The Hall–Kier alpha value is -1.16. The average molecular weight is 240 g/mol. The molecule has 16 heavy (non-hydrogen) atoms. The summed E-state index contributed by atoms with van der Waals surface area (Å²) >= 11 is 6.01. The molecule has 1 saturated carbocycles. The Bertz CT molecular complexity index is 358. The molecule has 1 aromatic rings. The van der Waals surface area contributed by atoms with Crippen LogP contribution in [0.4, 0.5) is 0 Å². The molecule has 1 aliphatic rings. The maximum absolute atomic E-state index is 11.7. The first-order valence-electron chi connectivity index (χ1n) is 5.44. The zero-order valence-corrected chi connectivity index (χ0v) is 9.65. The van der Waals surface area contributed by atoms with Gasteiger partial charge in [0, 0.05) is 11.9 Å². The minimum atomic E-state index is -0.0899. The number of alkyl halides is 1. The molecule has 0 aliphatic heterocycles. The third-order valence-electron chi connectivity index (χ3n) is 2.87. The van der Waals surface area contributed by atoms with Crippen molar-refractivity contribution in [3.05, 3.63) is 24.0 Å². The molecule has 2 unspecified atom stereocenters. The van der Waals surface area contributed by atoms with Crippen molar-refractivity contribution in [3.63, 3.8) is 0 Å². The number of aromatic nitrogens is 2. The largest absolute Gasteiger partial charge is 0.352 e. The zero-order valence-electron chi connectivity index (χ0n) is 8.90. The average Bonchev–Trinajstić information content (AvgIpc) is 2.73. The van der Waals surface area contributed by atoms with Crippen LogP contribution in [-0.4, -0.2) is 28.0 Å². The highest BCUT2D eigenvalue weighted by molar-refractivity contribution is 6.20. The number of halogens is 1. The van der Waals surface area contributed by atoms with Crippen molar-refractivity contribution >= 4 is 17.5 Å². The lowest BCUT2D eigenvalue weighted by atomic mass is 10.1. The van der Waals surface area contributed by atoms with Crippen molar-refractivity contribution in [3.8, 4) is 0 Å². The first-order valence-corrected chi connectivity index (χ1v) is 5.88. The van der Waals surface area contributed by atoms with Crippen LogP contribution in [0.25, 0.3) is 0 Å². The third-order valence-corrected chi connectivity index (χ3v) is 3.27. The van der Waals surface area contributed by atoms with Crippen molar-refractivity contribution in [1.29, 1.82) is 0 Å². The Morgan fingerprint density at radius 3 is 3.00 bits per heavy atom. The minimum Gasteiger partial charge on any atom is -0.352 e. The summed E-state index contributed by atoms with van der Waals surface area (Å²) in [7, 11) is 0. The summed E-state index contributed by atoms with van der Waals surface area (Å²) in [6, 6.07) is 1.65. The van der Waals surface area contributed by atoms with Gasteiger partial charge >= 0.3 is 0 Å². The highest BCUT2D eigenvalue weighted by atomic mass is 35.5. The van der Waals surface area contributed by atoms with E-state index in [0.29, 0.717) is 18.0 Å². The summed E-state index contributed by atoms with van der Waals surface area (Å²) < 4.78 is 0. The molecule has 1 aliphatic carbocycles. The Morgan fingerprint density at radius 1 is 1.50 bits per heavy atom. The van der Waals surface area contributed by atoms with Crippen molar-refractivity contribution in [2.45, 2.75) is 24.6 Å². The van der Waals surface area contributed by atoms with Gasteiger partial charge in [0.05, 0.1) is 18.0 Å². The van der Waals surface area contributed by atoms with Crippen molar-refractivity contribution in [2.75, 3.05) is 6.54 Å². The third kappa shape index (κ3) is 2.92. The van der Waals surface area contributed by atoms with Gasteiger partial charge in [-0.15, -0.1) is 11.6 Å². The lowest BCUT2D eigenvalue weighted by Gasteiger charge is -2.10. The fourth-order valence-electron chi connectivity index (χ4n) is 1.96.